The molecule has 0 aromatic rings. The molecule has 1 aliphatic carbocycles. The van der Waals surface area contributed by atoms with Crippen LogP contribution >= 0.6 is 0 Å². The standard InChI is InChI=1S/C15H31NO/c1-11(2)12-6-7-14(16)13(10-12)8-9-17-15(3,4)5/h11-14H,6-10,16H2,1-5H3. The predicted molar refractivity (Wildman–Crippen MR) is 74.0 cm³/mol. The third-order valence-corrected chi connectivity index (χ3v) is 4.05. The second kappa shape index (κ2) is 6.19. The highest BCUT2D eigenvalue weighted by Gasteiger charge is 2.29. The van der Waals surface area contributed by atoms with Crippen LogP contribution in [0.3, 0.4) is 0 Å². The minimum absolute atomic E-state index is 0.0176. The molecule has 1 saturated carbocycles. The average Bonchev–Trinajstić information content (AvgIpc) is 2.18. The fraction of sp³-hybridized carbons (Fsp3) is 1.00. The van der Waals surface area contributed by atoms with Gasteiger partial charge in [-0.1, -0.05) is 13.8 Å². The maximum atomic E-state index is 6.24. The van der Waals surface area contributed by atoms with Crippen LogP contribution in [-0.4, -0.2) is 18.2 Å². The fourth-order valence-corrected chi connectivity index (χ4v) is 2.78. The van der Waals surface area contributed by atoms with Crippen molar-refractivity contribution in [2.24, 2.45) is 23.5 Å². The van der Waals surface area contributed by atoms with Gasteiger partial charge in [-0.05, 0) is 64.2 Å². The Balaban J connectivity index is 2.35. The highest BCUT2D eigenvalue weighted by molar-refractivity contribution is 4.83. The van der Waals surface area contributed by atoms with Gasteiger partial charge in [-0.25, -0.2) is 0 Å². The quantitative estimate of drug-likeness (QED) is 0.816. The van der Waals surface area contributed by atoms with E-state index >= 15 is 0 Å². The number of rotatable bonds is 4. The Labute approximate surface area is 107 Å². The molecule has 0 aromatic heterocycles. The first-order chi connectivity index (χ1) is 7.79. The van der Waals surface area contributed by atoms with Crippen molar-refractivity contribution in [1.82, 2.24) is 0 Å². The third kappa shape index (κ3) is 5.39. The van der Waals surface area contributed by atoms with Gasteiger partial charge < -0.3 is 10.5 Å². The molecule has 1 rings (SSSR count). The second-order valence-electron chi connectivity index (χ2n) is 6.99. The Morgan fingerprint density at radius 2 is 1.88 bits per heavy atom. The van der Waals surface area contributed by atoms with Gasteiger partial charge in [0.1, 0.15) is 0 Å². The average molecular weight is 241 g/mol. The van der Waals surface area contributed by atoms with Crippen LogP contribution < -0.4 is 5.73 Å². The highest BCUT2D eigenvalue weighted by atomic mass is 16.5. The van der Waals surface area contributed by atoms with Gasteiger partial charge in [0.05, 0.1) is 5.60 Å². The summed E-state index contributed by atoms with van der Waals surface area (Å²) in [5, 5.41) is 0. The van der Waals surface area contributed by atoms with Gasteiger partial charge in [0.25, 0.3) is 0 Å². The summed E-state index contributed by atoms with van der Waals surface area (Å²) in [6.45, 7) is 11.9. The van der Waals surface area contributed by atoms with Crippen molar-refractivity contribution in [2.75, 3.05) is 6.61 Å². The Morgan fingerprint density at radius 3 is 2.41 bits per heavy atom. The molecule has 3 atom stereocenters. The molecular weight excluding hydrogens is 210 g/mol. The van der Waals surface area contributed by atoms with Gasteiger partial charge in [0, 0.05) is 12.6 Å². The van der Waals surface area contributed by atoms with E-state index in [1.54, 1.807) is 0 Å². The molecule has 2 nitrogen and oxygen atoms in total. The van der Waals surface area contributed by atoms with Crippen molar-refractivity contribution >= 4 is 0 Å². The minimum atomic E-state index is -0.0176. The van der Waals surface area contributed by atoms with Gasteiger partial charge in [0.15, 0.2) is 0 Å². The Morgan fingerprint density at radius 1 is 1.24 bits per heavy atom. The molecule has 2 N–H and O–H groups in total. The lowest BCUT2D eigenvalue weighted by Crippen LogP contribution is -2.38. The zero-order valence-electron chi connectivity index (χ0n) is 12.3. The van der Waals surface area contributed by atoms with Gasteiger partial charge in [-0.3, -0.25) is 0 Å². The van der Waals surface area contributed by atoms with Crippen LogP contribution in [0, 0.1) is 17.8 Å². The lowest BCUT2D eigenvalue weighted by atomic mass is 9.73. The van der Waals surface area contributed by atoms with E-state index in [-0.39, 0.29) is 5.60 Å². The first-order valence-electron chi connectivity index (χ1n) is 7.19. The lowest BCUT2D eigenvalue weighted by Gasteiger charge is -2.36. The van der Waals surface area contributed by atoms with Crippen molar-refractivity contribution in [1.29, 1.82) is 0 Å². The van der Waals surface area contributed by atoms with Crippen molar-refractivity contribution in [3.63, 3.8) is 0 Å². The van der Waals surface area contributed by atoms with E-state index in [9.17, 15) is 0 Å². The normalized spacial score (nSPS) is 30.9. The van der Waals surface area contributed by atoms with Gasteiger partial charge in [0.2, 0.25) is 0 Å². The predicted octanol–water partition coefficient (Wildman–Crippen LogP) is 3.59. The van der Waals surface area contributed by atoms with Crippen LogP contribution in [0.2, 0.25) is 0 Å². The lowest BCUT2D eigenvalue weighted by molar-refractivity contribution is -0.0143. The summed E-state index contributed by atoms with van der Waals surface area (Å²) in [4.78, 5) is 0. The summed E-state index contributed by atoms with van der Waals surface area (Å²) >= 11 is 0. The molecular formula is C15H31NO. The molecule has 0 aromatic carbocycles. The van der Waals surface area contributed by atoms with E-state index in [0.717, 1.165) is 24.9 Å². The van der Waals surface area contributed by atoms with Gasteiger partial charge in [-0.2, -0.15) is 0 Å². The first kappa shape index (κ1) is 15.0. The van der Waals surface area contributed by atoms with Gasteiger partial charge >= 0.3 is 0 Å². The fourth-order valence-electron chi connectivity index (χ4n) is 2.78. The summed E-state index contributed by atoms with van der Waals surface area (Å²) in [5.41, 5.74) is 6.22. The van der Waals surface area contributed by atoms with E-state index < -0.39 is 0 Å². The maximum absolute atomic E-state index is 6.24. The summed E-state index contributed by atoms with van der Waals surface area (Å²) in [6.07, 6.45) is 4.94. The molecule has 0 aliphatic heterocycles. The molecule has 2 heteroatoms. The van der Waals surface area contributed by atoms with E-state index in [1.165, 1.54) is 19.3 Å². The third-order valence-electron chi connectivity index (χ3n) is 4.05. The Hall–Kier alpha value is -0.0800. The Kier molecular flexibility index (Phi) is 5.46. The van der Waals surface area contributed by atoms with Crippen molar-refractivity contribution in [3.05, 3.63) is 0 Å². The number of nitrogens with two attached hydrogens (primary N) is 1. The first-order valence-corrected chi connectivity index (χ1v) is 7.19. The van der Waals surface area contributed by atoms with E-state index in [4.69, 9.17) is 10.5 Å². The number of ether oxygens (including phenoxy) is 1. The summed E-state index contributed by atoms with van der Waals surface area (Å²) in [5.74, 6) is 2.33. The summed E-state index contributed by atoms with van der Waals surface area (Å²) in [6, 6.07) is 0.397. The molecule has 102 valence electrons. The monoisotopic (exact) mass is 241 g/mol. The van der Waals surface area contributed by atoms with E-state index in [2.05, 4.69) is 34.6 Å². The second-order valence-corrected chi connectivity index (χ2v) is 6.99. The molecule has 0 heterocycles. The molecule has 0 saturated heterocycles. The molecule has 0 amide bonds. The Bertz CT molecular complexity index is 219. The van der Waals surface area contributed by atoms with E-state index in [1.807, 2.05) is 0 Å². The zero-order chi connectivity index (χ0) is 13.1. The molecule has 1 aliphatic rings. The van der Waals surface area contributed by atoms with Crippen molar-refractivity contribution < 1.29 is 4.74 Å². The largest absolute Gasteiger partial charge is 0.376 e. The van der Waals surface area contributed by atoms with Crippen molar-refractivity contribution in [2.45, 2.75) is 71.9 Å². The van der Waals surface area contributed by atoms with Crippen molar-refractivity contribution in [3.8, 4) is 0 Å². The van der Waals surface area contributed by atoms with Gasteiger partial charge in [-0.15, -0.1) is 0 Å². The smallest absolute Gasteiger partial charge is 0.0598 e. The van der Waals surface area contributed by atoms with Crippen LogP contribution in [0.4, 0.5) is 0 Å². The van der Waals surface area contributed by atoms with Crippen LogP contribution in [0.25, 0.3) is 0 Å². The van der Waals surface area contributed by atoms with Crippen LogP contribution in [0.1, 0.15) is 60.3 Å². The SMILES string of the molecule is CC(C)C1CCC(N)C(CCOC(C)(C)C)C1. The summed E-state index contributed by atoms with van der Waals surface area (Å²) < 4.78 is 5.82. The molecule has 3 unspecified atom stereocenters. The zero-order valence-corrected chi connectivity index (χ0v) is 12.3. The topological polar surface area (TPSA) is 35.2 Å². The summed E-state index contributed by atoms with van der Waals surface area (Å²) in [7, 11) is 0. The maximum Gasteiger partial charge on any atom is 0.0598 e. The van der Waals surface area contributed by atoms with Crippen LogP contribution in [0.5, 0.6) is 0 Å². The molecule has 1 fully saturated rings. The number of hydrogen-bond acceptors (Lipinski definition) is 2. The van der Waals surface area contributed by atoms with E-state index in [0.29, 0.717) is 12.0 Å². The molecule has 0 spiro atoms. The molecule has 0 radical (unpaired) electrons. The molecule has 0 bridgehead atoms. The minimum Gasteiger partial charge on any atom is -0.376 e. The molecule has 17 heavy (non-hydrogen) atoms. The van der Waals surface area contributed by atoms with Crippen LogP contribution in [-0.2, 0) is 4.74 Å². The number of hydrogen-bond donors (Lipinski definition) is 1. The van der Waals surface area contributed by atoms with Crippen LogP contribution in [0.15, 0.2) is 0 Å². The highest BCUT2D eigenvalue weighted by Crippen LogP contribution is 2.34.